The topological polar surface area (TPSA) is 134 Å². The highest BCUT2D eigenvalue weighted by Crippen LogP contribution is 2.09. The molecule has 0 aliphatic carbocycles. The van der Waals surface area contributed by atoms with Crippen LogP contribution in [0.3, 0.4) is 0 Å². The third kappa shape index (κ3) is 4.48. The zero-order valence-corrected chi connectivity index (χ0v) is 13.7. The second-order valence-corrected chi connectivity index (χ2v) is 5.28. The van der Waals surface area contributed by atoms with E-state index in [-0.39, 0.29) is 11.4 Å². The maximum atomic E-state index is 12.3. The summed E-state index contributed by atoms with van der Waals surface area (Å²) in [6.45, 7) is -1.63. The summed E-state index contributed by atoms with van der Waals surface area (Å²) in [5.74, 6) is -1.11. The SMILES string of the molecule is CN(C(=O)c1cccc(C(=O)N(C)C(CO)CO)n1)C(CO)CO. The number of hydrogen-bond donors (Lipinski definition) is 4. The van der Waals surface area contributed by atoms with E-state index in [9.17, 15) is 9.59 Å². The van der Waals surface area contributed by atoms with E-state index in [4.69, 9.17) is 20.4 Å². The van der Waals surface area contributed by atoms with Crippen LogP contribution in [0.1, 0.15) is 21.0 Å². The molecular weight excluding hydrogens is 318 g/mol. The molecule has 134 valence electrons. The van der Waals surface area contributed by atoms with Crippen LogP contribution in [0.25, 0.3) is 0 Å². The lowest BCUT2D eigenvalue weighted by molar-refractivity contribution is 0.0528. The Balaban J connectivity index is 3.01. The maximum absolute atomic E-state index is 12.3. The number of aliphatic hydroxyl groups excluding tert-OH is 4. The molecule has 1 aromatic rings. The Morgan fingerprint density at radius 3 is 1.50 bits per heavy atom. The van der Waals surface area contributed by atoms with Gasteiger partial charge < -0.3 is 30.2 Å². The molecule has 0 aromatic carbocycles. The zero-order valence-electron chi connectivity index (χ0n) is 13.7. The van der Waals surface area contributed by atoms with E-state index in [1.165, 1.54) is 32.3 Å². The van der Waals surface area contributed by atoms with E-state index >= 15 is 0 Å². The van der Waals surface area contributed by atoms with Gasteiger partial charge in [-0.1, -0.05) is 6.07 Å². The van der Waals surface area contributed by atoms with E-state index in [2.05, 4.69) is 4.98 Å². The minimum atomic E-state index is -0.769. The number of amides is 2. The Morgan fingerprint density at radius 2 is 1.21 bits per heavy atom. The molecule has 24 heavy (non-hydrogen) atoms. The smallest absolute Gasteiger partial charge is 0.272 e. The van der Waals surface area contributed by atoms with Crippen LogP contribution >= 0.6 is 0 Å². The molecule has 0 atom stereocenters. The molecule has 0 fully saturated rings. The molecule has 0 spiro atoms. The predicted molar refractivity (Wildman–Crippen MR) is 84.3 cm³/mol. The summed E-state index contributed by atoms with van der Waals surface area (Å²) in [7, 11) is 2.82. The Kier molecular flexibility index (Phi) is 7.72. The molecule has 9 nitrogen and oxygen atoms in total. The molecule has 0 aliphatic rings. The van der Waals surface area contributed by atoms with Crippen molar-refractivity contribution in [2.24, 2.45) is 0 Å². The quantitative estimate of drug-likeness (QED) is 0.427. The summed E-state index contributed by atoms with van der Waals surface area (Å²) < 4.78 is 0. The number of carbonyl (C=O) groups excluding carboxylic acids is 2. The molecule has 0 radical (unpaired) electrons. The number of hydrogen-bond acceptors (Lipinski definition) is 7. The maximum Gasteiger partial charge on any atom is 0.272 e. The van der Waals surface area contributed by atoms with Gasteiger partial charge in [0.05, 0.1) is 38.5 Å². The Bertz CT molecular complexity index is 515. The molecule has 0 saturated carbocycles. The van der Waals surface area contributed by atoms with Crippen LogP contribution in [0.2, 0.25) is 0 Å². The van der Waals surface area contributed by atoms with Crippen molar-refractivity contribution in [3.8, 4) is 0 Å². The van der Waals surface area contributed by atoms with Gasteiger partial charge in [-0.2, -0.15) is 0 Å². The van der Waals surface area contributed by atoms with Crippen molar-refractivity contribution in [3.63, 3.8) is 0 Å². The third-order valence-electron chi connectivity index (χ3n) is 3.77. The van der Waals surface area contributed by atoms with Gasteiger partial charge in [0, 0.05) is 14.1 Å². The van der Waals surface area contributed by atoms with E-state index in [0.717, 1.165) is 9.80 Å². The lowest BCUT2D eigenvalue weighted by Gasteiger charge is -2.26. The molecule has 0 unspecified atom stereocenters. The van der Waals surface area contributed by atoms with E-state index < -0.39 is 50.3 Å². The number of aromatic nitrogens is 1. The van der Waals surface area contributed by atoms with Gasteiger partial charge >= 0.3 is 0 Å². The van der Waals surface area contributed by atoms with Gasteiger partial charge in [0.2, 0.25) is 0 Å². The normalized spacial score (nSPS) is 11.0. The first-order valence-electron chi connectivity index (χ1n) is 7.36. The first kappa shape index (κ1) is 20.0. The number of aliphatic hydroxyl groups is 4. The van der Waals surface area contributed by atoms with E-state index in [1.54, 1.807) is 0 Å². The number of pyridine rings is 1. The van der Waals surface area contributed by atoms with Gasteiger partial charge in [0.1, 0.15) is 11.4 Å². The predicted octanol–water partition coefficient (Wildman–Crippen LogP) is -2.07. The van der Waals surface area contributed by atoms with Crippen molar-refractivity contribution < 1.29 is 30.0 Å². The average Bonchev–Trinajstić information content (AvgIpc) is 2.62. The lowest BCUT2D eigenvalue weighted by Crippen LogP contribution is -2.43. The summed E-state index contributed by atoms with van der Waals surface area (Å²) in [5, 5.41) is 36.6. The van der Waals surface area contributed by atoms with Crippen molar-refractivity contribution in [2.45, 2.75) is 12.1 Å². The van der Waals surface area contributed by atoms with Crippen LogP contribution in [0, 0.1) is 0 Å². The number of likely N-dealkylation sites (N-methyl/N-ethyl adjacent to an activating group) is 2. The summed E-state index contributed by atoms with van der Waals surface area (Å²) >= 11 is 0. The first-order chi connectivity index (χ1) is 11.4. The second kappa shape index (κ2) is 9.28. The minimum Gasteiger partial charge on any atom is -0.394 e. The molecule has 1 heterocycles. The number of carbonyl (C=O) groups is 2. The zero-order chi connectivity index (χ0) is 18.3. The minimum absolute atomic E-state index is 0.0202. The van der Waals surface area contributed by atoms with Crippen molar-refractivity contribution >= 4 is 11.8 Å². The molecule has 1 rings (SSSR count). The number of rotatable bonds is 8. The summed E-state index contributed by atoms with van der Waals surface area (Å²) in [6.07, 6.45) is 0. The molecule has 9 heteroatoms. The van der Waals surface area contributed by atoms with Crippen LogP contribution in [0.4, 0.5) is 0 Å². The van der Waals surface area contributed by atoms with Crippen LogP contribution in [-0.2, 0) is 0 Å². The van der Waals surface area contributed by atoms with Crippen molar-refractivity contribution in [3.05, 3.63) is 29.6 Å². The van der Waals surface area contributed by atoms with Crippen molar-refractivity contribution in [1.82, 2.24) is 14.8 Å². The summed E-state index contributed by atoms with van der Waals surface area (Å²) in [4.78, 5) is 31.0. The van der Waals surface area contributed by atoms with Crippen LogP contribution < -0.4 is 0 Å². The molecular formula is C15H23N3O6. The van der Waals surface area contributed by atoms with Gasteiger partial charge in [-0.3, -0.25) is 9.59 Å². The summed E-state index contributed by atoms with van der Waals surface area (Å²) in [6, 6.07) is 2.77. The molecule has 0 bridgehead atoms. The Hall–Kier alpha value is -2.07. The Morgan fingerprint density at radius 1 is 0.875 bits per heavy atom. The fraction of sp³-hybridized carbons (Fsp3) is 0.533. The highest BCUT2D eigenvalue weighted by molar-refractivity contribution is 5.96. The third-order valence-corrected chi connectivity index (χ3v) is 3.77. The van der Waals surface area contributed by atoms with Crippen molar-refractivity contribution in [2.75, 3.05) is 40.5 Å². The van der Waals surface area contributed by atoms with Crippen LogP contribution in [-0.4, -0.2) is 99.6 Å². The molecule has 2 amide bonds. The van der Waals surface area contributed by atoms with E-state index in [0.29, 0.717) is 0 Å². The lowest BCUT2D eigenvalue weighted by atomic mass is 10.2. The molecule has 1 aromatic heterocycles. The standard InChI is InChI=1S/C15H23N3O6/c1-17(10(6-19)7-20)14(23)12-4-3-5-13(16-12)15(24)18(2)11(8-21)9-22/h3-5,10-11,19-22H,6-9H2,1-2H3. The molecule has 0 aliphatic heterocycles. The first-order valence-corrected chi connectivity index (χ1v) is 7.36. The highest BCUT2D eigenvalue weighted by atomic mass is 16.3. The second-order valence-electron chi connectivity index (χ2n) is 5.28. The highest BCUT2D eigenvalue weighted by Gasteiger charge is 2.24. The van der Waals surface area contributed by atoms with Crippen LogP contribution in [0.15, 0.2) is 18.2 Å². The molecule has 0 saturated heterocycles. The largest absolute Gasteiger partial charge is 0.394 e. The van der Waals surface area contributed by atoms with E-state index in [1.807, 2.05) is 0 Å². The molecule has 4 N–H and O–H groups in total. The number of nitrogens with zero attached hydrogens (tertiary/aromatic N) is 3. The Labute approximate surface area is 139 Å². The average molecular weight is 341 g/mol. The van der Waals surface area contributed by atoms with Gasteiger partial charge in [-0.05, 0) is 12.1 Å². The van der Waals surface area contributed by atoms with Crippen LogP contribution in [0.5, 0.6) is 0 Å². The fourth-order valence-electron chi connectivity index (χ4n) is 1.97. The van der Waals surface area contributed by atoms with Gasteiger partial charge in [0.25, 0.3) is 11.8 Å². The monoisotopic (exact) mass is 341 g/mol. The van der Waals surface area contributed by atoms with Gasteiger partial charge in [0.15, 0.2) is 0 Å². The fourth-order valence-corrected chi connectivity index (χ4v) is 1.97. The van der Waals surface area contributed by atoms with Gasteiger partial charge in [-0.15, -0.1) is 0 Å². The summed E-state index contributed by atoms with van der Waals surface area (Å²) in [5.41, 5.74) is -0.0404. The van der Waals surface area contributed by atoms with Gasteiger partial charge in [-0.25, -0.2) is 4.98 Å². The van der Waals surface area contributed by atoms with Crippen molar-refractivity contribution in [1.29, 1.82) is 0 Å².